The van der Waals surface area contributed by atoms with Crippen LogP contribution in [0, 0.1) is 0 Å². The van der Waals surface area contributed by atoms with Gasteiger partial charge in [0.1, 0.15) is 15.7 Å². The molecule has 0 fully saturated rings. The summed E-state index contributed by atoms with van der Waals surface area (Å²) in [5, 5.41) is 5.42. The summed E-state index contributed by atoms with van der Waals surface area (Å²) in [6, 6.07) is 17.6. The fourth-order valence-electron chi connectivity index (χ4n) is 2.23. The van der Waals surface area contributed by atoms with Crippen LogP contribution in [-0.4, -0.2) is 11.0 Å². The summed E-state index contributed by atoms with van der Waals surface area (Å²) in [6.07, 6.45) is 0. The van der Waals surface area contributed by atoms with E-state index < -0.39 is 0 Å². The first kappa shape index (κ1) is 14.7. The standard InChI is InChI=1S/C17H16N2O2S/c1-12(20)21-15-10-8-14(9-11-15)17(2)19-18-16(22-17)13-6-4-3-5-7-13/h3-11,19H,1-2H3/t17-/m0/s1. The van der Waals surface area contributed by atoms with Crippen molar-refractivity contribution in [3.8, 4) is 5.75 Å². The van der Waals surface area contributed by atoms with E-state index in [1.807, 2.05) is 42.5 Å². The van der Waals surface area contributed by atoms with Crippen molar-refractivity contribution in [1.82, 2.24) is 5.43 Å². The van der Waals surface area contributed by atoms with Gasteiger partial charge < -0.3 is 4.74 Å². The maximum absolute atomic E-state index is 11.0. The third-order valence-electron chi connectivity index (χ3n) is 3.36. The molecular formula is C17H16N2O2S. The molecule has 2 aromatic carbocycles. The highest BCUT2D eigenvalue weighted by Gasteiger charge is 2.34. The van der Waals surface area contributed by atoms with Crippen molar-refractivity contribution in [3.63, 3.8) is 0 Å². The van der Waals surface area contributed by atoms with Crippen molar-refractivity contribution >= 4 is 22.8 Å². The summed E-state index contributed by atoms with van der Waals surface area (Å²) in [5.41, 5.74) is 5.37. The van der Waals surface area contributed by atoms with Gasteiger partial charge in [-0.15, -0.1) is 0 Å². The van der Waals surface area contributed by atoms with Gasteiger partial charge in [-0.3, -0.25) is 10.2 Å². The number of hydrazone groups is 1. The quantitative estimate of drug-likeness (QED) is 0.696. The molecule has 1 aliphatic heterocycles. The van der Waals surface area contributed by atoms with Crippen molar-refractivity contribution in [3.05, 3.63) is 65.7 Å². The van der Waals surface area contributed by atoms with E-state index >= 15 is 0 Å². The van der Waals surface area contributed by atoms with E-state index in [1.54, 1.807) is 23.9 Å². The molecule has 0 spiro atoms. The molecule has 0 aromatic heterocycles. The molecule has 1 heterocycles. The van der Waals surface area contributed by atoms with Crippen LogP contribution in [0.5, 0.6) is 5.75 Å². The minimum atomic E-state index is -0.333. The van der Waals surface area contributed by atoms with E-state index in [2.05, 4.69) is 17.5 Å². The molecule has 1 aliphatic rings. The third kappa shape index (κ3) is 2.99. The largest absolute Gasteiger partial charge is 0.427 e. The Morgan fingerprint density at radius 2 is 1.82 bits per heavy atom. The first-order valence-corrected chi connectivity index (χ1v) is 7.77. The Morgan fingerprint density at radius 3 is 2.45 bits per heavy atom. The van der Waals surface area contributed by atoms with Gasteiger partial charge in [-0.25, -0.2) is 0 Å². The minimum Gasteiger partial charge on any atom is -0.427 e. The fraction of sp³-hybridized carbons (Fsp3) is 0.176. The molecule has 0 saturated heterocycles. The molecular weight excluding hydrogens is 296 g/mol. The first-order chi connectivity index (χ1) is 10.6. The van der Waals surface area contributed by atoms with Crippen LogP contribution in [0.25, 0.3) is 0 Å². The van der Waals surface area contributed by atoms with Crippen molar-refractivity contribution in [1.29, 1.82) is 0 Å². The van der Waals surface area contributed by atoms with Gasteiger partial charge in [-0.05, 0) is 24.6 Å². The highest BCUT2D eigenvalue weighted by molar-refractivity contribution is 8.15. The lowest BCUT2D eigenvalue weighted by Gasteiger charge is -2.23. The molecule has 0 unspecified atom stereocenters. The fourth-order valence-corrected chi connectivity index (χ4v) is 3.31. The number of rotatable bonds is 3. The van der Waals surface area contributed by atoms with Gasteiger partial charge in [0.15, 0.2) is 0 Å². The normalized spacial score (nSPS) is 20.2. The number of carbonyl (C=O) groups is 1. The van der Waals surface area contributed by atoms with Crippen LogP contribution in [0.3, 0.4) is 0 Å². The van der Waals surface area contributed by atoms with Gasteiger partial charge in [0, 0.05) is 12.5 Å². The smallest absolute Gasteiger partial charge is 0.308 e. The Balaban J connectivity index is 1.77. The van der Waals surface area contributed by atoms with E-state index in [9.17, 15) is 4.79 Å². The van der Waals surface area contributed by atoms with Crippen molar-refractivity contribution in [2.45, 2.75) is 18.7 Å². The Hall–Kier alpha value is -2.27. The molecule has 0 amide bonds. The molecule has 4 nitrogen and oxygen atoms in total. The van der Waals surface area contributed by atoms with Crippen molar-refractivity contribution < 1.29 is 9.53 Å². The molecule has 0 saturated carbocycles. The SMILES string of the molecule is CC(=O)Oc1ccc([C@@]2(C)NN=C(c3ccccc3)S2)cc1. The zero-order chi connectivity index (χ0) is 15.6. The lowest BCUT2D eigenvalue weighted by molar-refractivity contribution is -0.131. The number of hydrogen-bond acceptors (Lipinski definition) is 5. The van der Waals surface area contributed by atoms with E-state index in [0.29, 0.717) is 5.75 Å². The highest BCUT2D eigenvalue weighted by atomic mass is 32.2. The molecule has 22 heavy (non-hydrogen) atoms. The minimum absolute atomic E-state index is 0.318. The van der Waals surface area contributed by atoms with Gasteiger partial charge >= 0.3 is 5.97 Å². The summed E-state index contributed by atoms with van der Waals surface area (Å²) >= 11 is 1.67. The molecule has 1 N–H and O–H groups in total. The van der Waals surface area contributed by atoms with Crippen molar-refractivity contribution in [2.75, 3.05) is 0 Å². The molecule has 2 aromatic rings. The number of thioether (sulfide) groups is 1. The van der Waals surface area contributed by atoms with Gasteiger partial charge in [0.05, 0.1) is 0 Å². The zero-order valence-electron chi connectivity index (χ0n) is 12.4. The molecule has 5 heteroatoms. The Kier molecular flexibility index (Phi) is 3.90. The van der Waals surface area contributed by atoms with E-state index in [-0.39, 0.29) is 10.8 Å². The Labute approximate surface area is 133 Å². The number of ether oxygens (including phenoxy) is 1. The maximum Gasteiger partial charge on any atom is 0.308 e. The number of benzene rings is 2. The third-order valence-corrected chi connectivity index (χ3v) is 4.61. The first-order valence-electron chi connectivity index (χ1n) is 6.95. The highest BCUT2D eigenvalue weighted by Crippen LogP contribution is 2.40. The second kappa shape index (κ2) is 5.85. The maximum atomic E-state index is 11.0. The summed E-state index contributed by atoms with van der Waals surface area (Å²) in [7, 11) is 0. The van der Waals surface area contributed by atoms with Gasteiger partial charge in [0.25, 0.3) is 0 Å². The zero-order valence-corrected chi connectivity index (χ0v) is 13.2. The number of hydrogen-bond donors (Lipinski definition) is 1. The van der Waals surface area contributed by atoms with Crippen LogP contribution in [0.1, 0.15) is 25.0 Å². The van der Waals surface area contributed by atoms with E-state index in [0.717, 1.165) is 16.2 Å². The van der Waals surface area contributed by atoms with Gasteiger partial charge in [-0.1, -0.05) is 54.2 Å². The molecule has 1 atom stereocenters. The predicted molar refractivity (Wildman–Crippen MR) is 88.8 cm³/mol. The average molecular weight is 312 g/mol. The van der Waals surface area contributed by atoms with Crippen LogP contribution in [0.4, 0.5) is 0 Å². The summed E-state index contributed by atoms with van der Waals surface area (Å²) in [5.74, 6) is 0.231. The number of carbonyl (C=O) groups excluding carboxylic acids is 1. The van der Waals surface area contributed by atoms with Gasteiger partial charge in [0.2, 0.25) is 0 Å². The number of nitrogens with zero attached hydrogens (tertiary/aromatic N) is 1. The second-order valence-corrected chi connectivity index (χ2v) is 6.56. The van der Waals surface area contributed by atoms with E-state index in [1.165, 1.54) is 6.92 Å². The van der Waals surface area contributed by atoms with Crippen LogP contribution >= 0.6 is 11.8 Å². The Bertz CT molecular complexity index is 713. The summed E-state index contributed by atoms with van der Waals surface area (Å²) in [6.45, 7) is 3.47. The van der Waals surface area contributed by atoms with Crippen molar-refractivity contribution in [2.24, 2.45) is 5.10 Å². The molecule has 0 bridgehead atoms. The topological polar surface area (TPSA) is 50.7 Å². The molecule has 0 radical (unpaired) electrons. The lowest BCUT2D eigenvalue weighted by Crippen LogP contribution is -2.28. The summed E-state index contributed by atoms with van der Waals surface area (Å²) in [4.78, 5) is 10.6. The number of nitrogens with one attached hydrogen (secondary N) is 1. The van der Waals surface area contributed by atoms with Crippen LogP contribution in [-0.2, 0) is 9.67 Å². The van der Waals surface area contributed by atoms with Crippen LogP contribution in [0.2, 0.25) is 0 Å². The molecule has 3 rings (SSSR count). The summed E-state index contributed by atoms with van der Waals surface area (Å²) < 4.78 is 5.06. The molecule has 112 valence electrons. The van der Waals surface area contributed by atoms with Gasteiger partial charge in [-0.2, -0.15) is 5.10 Å². The predicted octanol–water partition coefficient (Wildman–Crippen LogP) is 3.48. The average Bonchev–Trinajstić information content (AvgIpc) is 2.92. The second-order valence-electron chi connectivity index (χ2n) is 5.15. The lowest BCUT2D eigenvalue weighted by atomic mass is 10.1. The number of esters is 1. The molecule has 0 aliphatic carbocycles. The van der Waals surface area contributed by atoms with E-state index in [4.69, 9.17) is 4.74 Å². The Morgan fingerprint density at radius 1 is 1.14 bits per heavy atom. The van der Waals surface area contributed by atoms with Crippen LogP contribution in [0.15, 0.2) is 59.7 Å². The van der Waals surface area contributed by atoms with Crippen LogP contribution < -0.4 is 10.2 Å². The monoisotopic (exact) mass is 312 g/mol.